The number of rotatable bonds is 6. The Kier molecular flexibility index (Phi) is 6.06. The molecular formula is C14H20ClNO. The van der Waals surface area contributed by atoms with Crippen LogP contribution in [0.2, 0.25) is 5.02 Å². The zero-order chi connectivity index (χ0) is 12.7. The van der Waals surface area contributed by atoms with E-state index < -0.39 is 0 Å². The molecule has 0 unspecified atom stereocenters. The van der Waals surface area contributed by atoms with Crippen LogP contribution in [0.1, 0.15) is 44.6 Å². The number of hydrogen-bond donors (Lipinski definition) is 1. The van der Waals surface area contributed by atoms with Gasteiger partial charge in [0.1, 0.15) is 0 Å². The Balaban J connectivity index is 2.42. The van der Waals surface area contributed by atoms with Crippen molar-refractivity contribution in [3.05, 3.63) is 28.8 Å². The van der Waals surface area contributed by atoms with Crippen LogP contribution < -0.4 is 5.32 Å². The fourth-order valence-electron chi connectivity index (χ4n) is 1.65. The molecule has 0 spiro atoms. The second-order valence-electron chi connectivity index (χ2n) is 4.32. The van der Waals surface area contributed by atoms with Crippen LogP contribution in [-0.2, 0) is 4.79 Å². The summed E-state index contributed by atoms with van der Waals surface area (Å²) in [6.07, 6.45) is 5.06. The molecule has 17 heavy (non-hydrogen) atoms. The van der Waals surface area contributed by atoms with Gasteiger partial charge in [0.25, 0.3) is 0 Å². The van der Waals surface area contributed by atoms with Gasteiger partial charge in [0.15, 0.2) is 0 Å². The summed E-state index contributed by atoms with van der Waals surface area (Å²) in [4.78, 5) is 11.7. The number of carbonyl (C=O) groups excluding carboxylic acids is 1. The normalized spacial score (nSPS) is 10.3. The molecule has 0 aliphatic heterocycles. The Morgan fingerprint density at radius 2 is 2.06 bits per heavy atom. The van der Waals surface area contributed by atoms with E-state index in [2.05, 4.69) is 12.2 Å². The molecule has 1 amide bonds. The summed E-state index contributed by atoms with van der Waals surface area (Å²) >= 11 is 5.89. The monoisotopic (exact) mass is 253 g/mol. The number of unbranched alkanes of at least 4 members (excludes halogenated alkanes) is 3. The van der Waals surface area contributed by atoms with Crippen molar-refractivity contribution in [1.82, 2.24) is 0 Å². The van der Waals surface area contributed by atoms with Crippen LogP contribution in [0.3, 0.4) is 0 Å². The van der Waals surface area contributed by atoms with Gasteiger partial charge < -0.3 is 5.32 Å². The topological polar surface area (TPSA) is 29.1 Å². The van der Waals surface area contributed by atoms with E-state index in [9.17, 15) is 4.79 Å². The predicted octanol–water partition coefficient (Wildman–Crippen LogP) is 4.56. The zero-order valence-corrected chi connectivity index (χ0v) is 11.3. The molecule has 0 aromatic heterocycles. The molecule has 0 aliphatic carbocycles. The molecule has 1 aromatic rings. The van der Waals surface area contributed by atoms with Gasteiger partial charge in [-0.1, -0.05) is 43.9 Å². The molecule has 0 aliphatic rings. The van der Waals surface area contributed by atoms with Crippen LogP contribution in [0.5, 0.6) is 0 Å². The van der Waals surface area contributed by atoms with Crippen molar-refractivity contribution in [2.75, 3.05) is 5.32 Å². The summed E-state index contributed by atoms with van der Waals surface area (Å²) < 4.78 is 0. The third-order valence-corrected chi connectivity index (χ3v) is 2.97. The highest BCUT2D eigenvalue weighted by Crippen LogP contribution is 2.20. The summed E-state index contributed by atoms with van der Waals surface area (Å²) in [5.41, 5.74) is 1.86. The van der Waals surface area contributed by atoms with Gasteiger partial charge in [-0.25, -0.2) is 0 Å². The lowest BCUT2D eigenvalue weighted by Crippen LogP contribution is -2.11. The molecule has 1 N–H and O–H groups in total. The van der Waals surface area contributed by atoms with Crippen molar-refractivity contribution in [2.24, 2.45) is 0 Å². The maximum absolute atomic E-state index is 11.7. The van der Waals surface area contributed by atoms with Gasteiger partial charge in [-0.3, -0.25) is 4.79 Å². The average Bonchev–Trinajstić information content (AvgIpc) is 2.29. The standard InChI is InChI=1S/C14H20ClNO/c1-3-4-5-6-7-14(17)16-13-10-12(15)9-8-11(13)2/h8-10H,3-7H2,1-2H3,(H,16,17). The molecule has 1 aromatic carbocycles. The molecule has 0 saturated carbocycles. The fourth-order valence-corrected chi connectivity index (χ4v) is 1.83. The van der Waals surface area contributed by atoms with Crippen molar-refractivity contribution in [2.45, 2.75) is 46.0 Å². The van der Waals surface area contributed by atoms with E-state index in [1.807, 2.05) is 19.1 Å². The highest BCUT2D eigenvalue weighted by atomic mass is 35.5. The number of anilines is 1. The largest absolute Gasteiger partial charge is 0.326 e. The van der Waals surface area contributed by atoms with Crippen LogP contribution in [0.4, 0.5) is 5.69 Å². The maximum Gasteiger partial charge on any atom is 0.224 e. The Morgan fingerprint density at radius 3 is 2.76 bits per heavy atom. The molecule has 3 heteroatoms. The second-order valence-corrected chi connectivity index (χ2v) is 4.75. The first-order valence-corrected chi connectivity index (χ1v) is 6.57. The van der Waals surface area contributed by atoms with Crippen LogP contribution in [0.25, 0.3) is 0 Å². The lowest BCUT2D eigenvalue weighted by molar-refractivity contribution is -0.116. The minimum Gasteiger partial charge on any atom is -0.326 e. The number of carbonyl (C=O) groups is 1. The van der Waals surface area contributed by atoms with E-state index in [0.717, 1.165) is 24.1 Å². The number of amides is 1. The van der Waals surface area contributed by atoms with E-state index in [1.54, 1.807) is 6.07 Å². The van der Waals surface area contributed by atoms with Gasteiger partial charge >= 0.3 is 0 Å². The first-order chi connectivity index (χ1) is 8.13. The minimum absolute atomic E-state index is 0.0754. The molecule has 94 valence electrons. The summed E-state index contributed by atoms with van der Waals surface area (Å²) in [5.74, 6) is 0.0754. The van der Waals surface area contributed by atoms with Crippen molar-refractivity contribution in [1.29, 1.82) is 0 Å². The third kappa shape index (κ3) is 5.22. The summed E-state index contributed by atoms with van der Waals surface area (Å²) in [6.45, 7) is 4.12. The van der Waals surface area contributed by atoms with Gasteiger partial charge in [0.2, 0.25) is 5.91 Å². The Morgan fingerprint density at radius 1 is 1.29 bits per heavy atom. The van der Waals surface area contributed by atoms with E-state index >= 15 is 0 Å². The Hall–Kier alpha value is -1.02. The van der Waals surface area contributed by atoms with E-state index in [4.69, 9.17) is 11.6 Å². The quantitative estimate of drug-likeness (QED) is 0.740. The predicted molar refractivity (Wildman–Crippen MR) is 73.6 cm³/mol. The summed E-state index contributed by atoms with van der Waals surface area (Å²) in [7, 11) is 0. The van der Waals surface area contributed by atoms with Crippen molar-refractivity contribution < 1.29 is 4.79 Å². The smallest absolute Gasteiger partial charge is 0.224 e. The molecule has 0 bridgehead atoms. The van der Waals surface area contributed by atoms with E-state index in [1.165, 1.54) is 12.8 Å². The fraction of sp³-hybridized carbons (Fsp3) is 0.500. The highest BCUT2D eigenvalue weighted by Gasteiger charge is 2.05. The number of aryl methyl sites for hydroxylation is 1. The number of hydrogen-bond acceptors (Lipinski definition) is 1. The first kappa shape index (κ1) is 14.0. The summed E-state index contributed by atoms with van der Waals surface area (Å²) in [6, 6.07) is 5.53. The van der Waals surface area contributed by atoms with Crippen LogP contribution in [-0.4, -0.2) is 5.91 Å². The molecule has 1 rings (SSSR count). The molecule has 0 fully saturated rings. The van der Waals surface area contributed by atoms with Crippen LogP contribution >= 0.6 is 11.6 Å². The van der Waals surface area contributed by atoms with Crippen molar-refractivity contribution >= 4 is 23.2 Å². The molecule has 0 heterocycles. The first-order valence-electron chi connectivity index (χ1n) is 6.19. The highest BCUT2D eigenvalue weighted by molar-refractivity contribution is 6.31. The van der Waals surface area contributed by atoms with Crippen molar-refractivity contribution in [3.8, 4) is 0 Å². The van der Waals surface area contributed by atoms with Crippen molar-refractivity contribution in [3.63, 3.8) is 0 Å². The van der Waals surface area contributed by atoms with Gasteiger partial charge in [0, 0.05) is 17.1 Å². The minimum atomic E-state index is 0.0754. The number of benzene rings is 1. The Labute approximate surface area is 108 Å². The lowest BCUT2D eigenvalue weighted by Gasteiger charge is -2.08. The number of halogens is 1. The molecular weight excluding hydrogens is 234 g/mol. The third-order valence-electron chi connectivity index (χ3n) is 2.73. The SMILES string of the molecule is CCCCCCC(=O)Nc1cc(Cl)ccc1C. The number of nitrogens with one attached hydrogen (secondary N) is 1. The van der Waals surface area contributed by atoms with Gasteiger partial charge in [-0.15, -0.1) is 0 Å². The van der Waals surface area contributed by atoms with Crippen LogP contribution in [0, 0.1) is 6.92 Å². The lowest BCUT2D eigenvalue weighted by atomic mass is 10.1. The van der Waals surface area contributed by atoms with E-state index in [-0.39, 0.29) is 5.91 Å². The average molecular weight is 254 g/mol. The zero-order valence-electron chi connectivity index (χ0n) is 10.6. The van der Waals surface area contributed by atoms with Gasteiger partial charge in [-0.2, -0.15) is 0 Å². The molecule has 0 saturated heterocycles. The molecule has 2 nitrogen and oxygen atoms in total. The van der Waals surface area contributed by atoms with Gasteiger partial charge in [-0.05, 0) is 31.0 Å². The van der Waals surface area contributed by atoms with Gasteiger partial charge in [0.05, 0.1) is 0 Å². The second kappa shape index (κ2) is 7.33. The molecule has 0 atom stereocenters. The van der Waals surface area contributed by atoms with E-state index in [0.29, 0.717) is 11.4 Å². The summed E-state index contributed by atoms with van der Waals surface area (Å²) in [5, 5.41) is 3.55. The Bertz CT molecular complexity index is 376. The molecule has 0 radical (unpaired) electrons. The van der Waals surface area contributed by atoms with Crippen LogP contribution in [0.15, 0.2) is 18.2 Å². The maximum atomic E-state index is 11.7.